The van der Waals surface area contributed by atoms with E-state index in [2.05, 4.69) is 10.3 Å². The molecule has 3 aromatic rings. The lowest BCUT2D eigenvalue weighted by atomic mass is 10.0. The lowest BCUT2D eigenvalue weighted by Gasteiger charge is -2.16. The van der Waals surface area contributed by atoms with Crippen LogP contribution in [-0.2, 0) is 16.0 Å². The maximum Gasteiger partial charge on any atom is 0.328 e. The molecular weight excluding hydrogens is 336 g/mol. The number of rotatable bonds is 6. The van der Waals surface area contributed by atoms with Gasteiger partial charge in [-0.15, -0.1) is 11.3 Å². The smallest absolute Gasteiger partial charge is 0.328 e. The lowest BCUT2D eigenvalue weighted by molar-refractivity contribution is -0.145. The van der Waals surface area contributed by atoms with E-state index in [1.807, 2.05) is 43.5 Å². The second kappa shape index (κ2) is 7.53. The molecule has 0 unspecified atom stereocenters. The first kappa shape index (κ1) is 17.2. The van der Waals surface area contributed by atoms with Gasteiger partial charge in [0.1, 0.15) is 6.04 Å². The number of aromatic nitrogens is 1. The van der Waals surface area contributed by atoms with Crippen molar-refractivity contribution in [3.05, 3.63) is 57.9 Å². The zero-order valence-electron chi connectivity index (χ0n) is 14.2. The monoisotopic (exact) mass is 356 g/mol. The van der Waals surface area contributed by atoms with E-state index in [1.165, 1.54) is 11.3 Å². The summed E-state index contributed by atoms with van der Waals surface area (Å²) in [5.41, 5.74) is 1.97. The van der Waals surface area contributed by atoms with Crippen LogP contribution in [0, 0.1) is 6.92 Å². The molecule has 2 heterocycles. The molecule has 5 nitrogen and oxygen atoms in total. The van der Waals surface area contributed by atoms with Gasteiger partial charge in [-0.2, -0.15) is 0 Å². The van der Waals surface area contributed by atoms with Crippen LogP contribution in [0.3, 0.4) is 0 Å². The molecule has 130 valence electrons. The maximum atomic E-state index is 12.5. The minimum atomic E-state index is -0.728. The number of nitrogens with one attached hydrogen (secondary N) is 2. The quantitative estimate of drug-likeness (QED) is 0.665. The first-order chi connectivity index (χ1) is 12.1. The summed E-state index contributed by atoms with van der Waals surface area (Å²) in [6.07, 6.45) is 2.25. The number of carbonyl (C=O) groups excluding carboxylic acids is 2. The summed E-state index contributed by atoms with van der Waals surface area (Å²) in [6, 6.07) is 10.8. The van der Waals surface area contributed by atoms with Gasteiger partial charge in [0, 0.05) is 28.4 Å². The molecule has 1 aromatic carbocycles. The Bertz CT molecular complexity index is 897. The molecule has 0 aliphatic heterocycles. The van der Waals surface area contributed by atoms with E-state index in [0.717, 1.165) is 21.3 Å². The van der Waals surface area contributed by atoms with Crippen molar-refractivity contribution in [3.63, 3.8) is 0 Å². The van der Waals surface area contributed by atoms with E-state index >= 15 is 0 Å². The van der Waals surface area contributed by atoms with Gasteiger partial charge in [-0.25, -0.2) is 4.79 Å². The fourth-order valence-corrected chi connectivity index (χ4v) is 3.51. The molecule has 1 atom stereocenters. The van der Waals surface area contributed by atoms with E-state index in [4.69, 9.17) is 4.74 Å². The molecule has 1 amide bonds. The molecule has 25 heavy (non-hydrogen) atoms. The molecule has 6 heteroatoms. The highest BCUT2D eigenvalue weighted by molar-refractivity contribution is 7.13. The lowest BCUT2D eigenvalue weighted by Crippen LogP contribution is -2.43. The Morgan fingerprint density at radius 2 is 2.04 bits per heavy atom. The van der Waals surface area contributed by atoms with Gasteiger partial charge in [-0.1, -0.05) is 18.2 Å². The van der Waals surface area contributed by atoms with Crippen LogP contribution in [0.25, 0.3) is 10.9 Å². The molecule has 0 aliphatic rings. The van der Waals surface area contributed by atoms with Crippen LogP contribution in [0.1, 0.15) is 27.0 Å². The van der Waals surface area contributed by atoms with Crippen molar-refractivity contribution >= 4 is 34.1 Å². The van der Waals surface area contributed by atoms with Crippen LogP contribution < -0.4 is 5.32 Å². The molecule has 3 rings (SSSR count). The molecule has 2 aromatic heterocycles. The largest absolute Gasteiger partial charge is 0.464 e. The zero-order valence-corrected chi connectivity index (χ0v) is 15.0. The van der Waals surface area contributed by atoms with Crippen molar-refractivity contribution in [2.75, 3.05) is 6.61 Å². The van der Waals surface area contributed by atoms with Crippen molar-refractivity contribution in [3.8, 4) is 0 Å². The first-order valence-corrected chi connectivity index (χ1v) is 8.99. The van der Waals surface area contributed by atoms with E-state index in [9.17, 15) is 9.59 Å². The molecule has 0 saturated heterocycles. The Kier molecular flexibility index (Phi) is 5.19. The third kappa shape index (κ3) is 3.91. The fraction of sp³-hybridized carbons (Fsp3) is 0.263. The average molecular weight is 356 g/mol. The summed E-state index contributed by atoms with van der Waals surface area (Å²) in [7, 11) is 0. The highest BCUT2D eigenvalue weighted by atomic mass is 32.1. The maximum absolute atomic E-state index is 12.5. The number of thiophene rings is 1. The van der Waals surface area contributed by atoms with Crippen molar-refractivity contribution in [1.29, 1.82) is 0 Å². The second-order valence-electron chi connectivity index (χ2n) is 5.75. The van der Waals surface area contributed by atoms with Gasteiger partial charge in [0.05, 0.1) is 11.5 Å². The second-order valence-corrected chi connectivity index (χ2v) is 7.04. The Morgan fingerprint density at radius 3 is 2.76 bits per heavy atom. The summed E-state index contributed by atoms with van der Waals surface area (Å²) in [6.45, 7) is 3.97. The number of para-hydroxylation sites is 1. The zero-order chi connectivity index (χ0) is 17.8. The number of carbonyl (C=O) groups is 2. The SMILES string of the molecule is CCOC(=O)[C@H](Cc1c[nH]c2ccccc12)NC(=O)c1ccc(C)s1. The standard InChI is InChI=1S/C19H20N2O3S/c1-3-24-19(23)16(21-18(22)17-9-8-12(2)25-17)10-13-11-20-15-7-5-4-6-14(13)15/h4-9,11,16,20H,3,10H2,1-2H3,(H,21,22)/t16-/m0/s1. The third-order valence-electron chi connectivity index (χ3n) is 3.94. The number of aromatic amines is 1. The van der Waals surface area contributed by atoms with Gasteiger partial charge in [-0.3, -0.25) is 4.79 Å². The number of fused-ring (bicyclic) bond motifs is 1. The molecule has 0 saturated carbocycles. The van der Waals surface area contributed by atoms with E-state index in [-0.39, 0.29) is 12.5 Å². The van der Waals surface area contributed by atoms with Gasteiger partial charge in [0.15, 0.2) is 0 Å². The van der Waals surface area contributed by atoms with Crippen LogP contribution >= 0.6 is 11.3 Å². The normalized spacial score (nSPS) is 12.1. The van der Waals surface area contributed by atoms with E-state index < -0.39 is 12.0 Å². The summed E-state index contributed by atoms with van der Waals surface area (Å²) >= 11 is 1.40. The fourth-order valence-electron chi connectivity index (χ4n) is 2.74. The Balaban J connectivity index is 1.82. The molecule has 2 N–H and O–H groups in total. The summed E-state index contributed by atoms with van der Waals surface area (Å²) in [5.74, 6) is -0.676. The predicted molar refractivity (Wildman–Crippen MR) is 98.9 cm³/mol. The summed E-state index contributed by atoms with van der Waals surface area (Å²) < 4.78 is 5.15. The summed E-state index contributed by atoms with van der Waals surface area (Å²) in [4.78, 5) is 29.6. The molecule has 0 spiro atoms. The topological polar surface area (TPSA) is 71.2 Å². The number of amides is 1. The third-order valence-corrected chi connectivity index (χ3v) is 4.94. The molecule has 0 fully saturated rings. The highest BCUT2D eigenvalue weighted by Crippen LogP contribution is 2.20. The number of benzene rings is 1. The Morgan fingerprint density at radius 1 is 1.24 bits per heavy atom. The molecular formula is C19H20N2O3S. The average Bonchev–Trinajstić information content (AvgIpc) is 3.21. The minimum absolute atomic E-state index is 0.254. The van der Waals surface area contributed by atoms with Gasteiger partial charge < -0.3 is 15.0 Å². The van der Waals surface area contributed by atoms with Crippen LogP contribution in [0.5, 0.6) is 0 Å². The van der Waals surface area contributed by atoms with Gasteiger partial charge in [0.2, 0.25) is 0 Å². The molecule has 0 radical (unpaired) electrons. The van der Waals surface area contributed by atoms with E-state index in [0.29, 0.717) is 11.3 Å². The number of H-pyrrole nitrogens is 1. The Hall–Kier alpha value is -2.60. The Labute approximate surface area is 150 Å². The minimum Gasteiger partial charge on any atom is -0.464 e. The van der Waals surface area contributed by atoms with E-state index in [1.54, 1.807) is 13.0 Å². The van der Waals surface area contributed by atoms with Gasteiger partial charge in [0.25, 0.3) is 5.91 Å². The van der Waals surface area contributed by atoms with Gasteiger partial charge >= 0.3 is 5.97 Å². The van der Waals surface area contributed by atoms with Crippen LogP contribution in [0.15, 0.2) is 42.6 Å². The molecule has 0 bridgehead atoms. The van der Waals surface area contributed by atoms with Crippen molar-refractivity contribution < 1.29 is 14.3 Å². The highest BCUT2D eigenvalue weighted by Gasteiger charge is 2.24. The molecule has 0 aliphatic carbocycles. The van der Waals surface area contributed by atoms with Gasteiger partial charge in [-0.05, 0) is 37.6 Å². The number of aryl methyl sites for hydroxylation is 1. The number of ether oxygens (including phenoxy) is 1. The van der Waals surface area contributed by atoms with Crippen molar-refractivity contribution in [2.45, 2.75) is 26.3 Å². The van der Waals surface area contributed by atoms with Crippen molar-refractivity contribution in [1.82, 2.24) is 10.3 Å². The van der Waals surface area contributed by atoms with Crippen LogP contribution in [-0.4, -0.2) is 29.5 Å². The first-order valence-electron chi connectivity index (χ1n) is 8.17. The predicted octanol–water partition coefficient (Wildman–Crippen LogP) is 3.44. The number of esters is 1. The van der Waals surface area contributed by atoms with Crippen LogP contribution in [0.2, 0.25) is 0 Å². The van der Waals surface area contributed by atoms with Crippen molar-refractivity contribution in [2.24, 2.45) is 0 Å². The van der Waals surface area contributed by atoms with Crippen LogP contribution in [0.4, 0.5) is 0 Å². The summed E-state index contributed by atoms with van der Waals surface area (Å²) in [5, 5.41) is 3.86. The number of hydrogen-bond donors (Lipinski definition) is 2. The number of hydrogen-bond acceptors (Lipinski definition) is 4.